The van der Waals surface area contributed by atoms with Crippen LogP contribution in [0.5, 0.6) is 5.75 Å². The minimum Gasteiger partial charge on any atom is -0.503 e. The number of hydrogen-bond acceptors (Lipinski definition) is 4. The molecular formula is C6H5NO5. The highest BCUT2D eigenvalue weighted by Crippen LogP contribution is 2.01. The van der Waals surface area contributed by atoms with Gasteiger partial charge in [-0.15, -0.1) is 4.73 Å². The van der Waals surface area contributed by atoms with Gasteiger partial charge in [0.15, 0.2) is 11.4 Å². The summed E-state index contributed by atoms with van der Waals surface area (Å²) in [5, 5.41) is 25.9. The van der Waals surface area contributed by atoms with E-state index < -0.39 is 23.0 Å². The third-order valence-electron chi connectivity index (χ3n) is 1.26. The van der Waals surface area contributed by atoms with Crippen LogP contribution in [0.25, 0.3) is 0 Å². The van der Waals surface area contributed by atoms with E-state index in [4.69, 9.17) is 15.4 Å². The quantitative estimate of drug-likeness (QED) is 0.494. The number of carbonyl (C=O) groups is 1. The number of nitrogens with zero attached hydrogens (tertiary/aromatic N) is 1. The summed E-state index contributed by atoms with van der Waals surface area (Å²) in [4.78, 5) is 21.0. The molecule has 6 nitrogen and oxygen atoms in total. The van der Waals surface area contributed by atoms with Crippen LogP contribution in [0.1, 0.15) is 10.5 Å². The lowest BCUT2D eigenvalue weighted by Gasteiger charge is -2.00. The number of hydrogen-bond donors (Lipinski definition) is 3. The summed E-state index contributed by atoms with van der Waals surface area (Å²) in [6.45, 7) is 0. The Morgan fingerprint density at radius 3 is 2.50 bits per heavy atom. The van der Waals surface area contributed by atoms with Gasteiger partial charge in [-0.05, 0) is 12.1 Å². The van der Waals surface area contributed by atoms with E-state index in [9.17, 15) is 9.59 Å². The molecule has 12 heavy (non-hydrogen) atoms. The maximum atomic E-state index is 10.7. The molecule has 0 amide bonds. The Hall–Kier alpha value is -1.98. The molecular weight excluding hydrogens is 166 g/mol. The molecule has 0 aromatic carbocycles. The Balaban J connectivity index is 3.47. The SMILES string of the molecule is O=C(O)c1ccc(O)c(=O)n1O. The van der Waals surface area contributed by atoms with Gasteiger partial charge in [0.05, 0.1) is 0 Å². The van der Waals surface area contributed by atoms with E-state index in [2.05, 4.69) is 0 Å². The minimum absolute atomic E-state index is 0.127. The molecule has 0 atom stereocenters. The first-order valence-electron chi connectivity index (χ1n) is 2.91. The van der Waals surface area contributed by atoms with Crippen LogP contribution < -0.4 is 5.56 Å². The van der Waals surface area contributed by atoms with Gasteiger partial charge >= 0.3 is 11.5 Å². The topological polar surface area (TPSA) is 99.8 Å². The van der Waals surface area contributed by atoms with Crippen molar-refractivity contribution in [1.82, 2.24) is 4.73 Å². The van der Waals surface area contributed by atoms with Crippen molar-refractivity contribution in [1.29, 1.82) is 0 Å². The highest BCUT2D eigenvalue weighted by molar-refractivity contribution is 5.85. The van der Waals surface area contributed by atoms with Crippen LogP contribution in [0.3, 0.4) is 0 Å². The lowest BCUT2D eigenvalue weighted by atomic mass is 10.3. The second-order valence-electron chi connectivity index (χ2n) is 2.03. The number of carboxylic acids is 1. The number of carboxylic acid groups (broad SMARTS) is 1. The molecule has 0 aliphatic carbocycles. The zero-order valence-corrected chi connectivity index (χ0v) is 5.76. The lowest BCUT2D eigenvalue weighted by Crippen LogP contribution is -2.23. The third kappa shape index (κ3) is 1.09. The van der Waals surface area contributed by atoms with Gasteiger partial charge in [-0.1, -0.05) is 0 Å². The zero-order chi connectivity index (χ0) is 9.30. The predicted molar refractivity (Wildman–Crippen MR) is 36.5 cm³/mol. The Morgan fingerprint density at radius 2 is 2.00 bits per heavy atom. The molecule has 0 spiro atoms. The normalized spacial score (nSPS) is 9.67. The van der Waals surface area contributed by atoms with Crippen LogP contribution in [-0.2, 0) is 0 Å². The molecule has 1 aromatic rings. The Morgan fingerprint density at radius 1 is 1.42 bits per heavy atom. The van der Waals surface area contributed by atoms with Gasteiger partial charge in [-0.3, -0.25) is 4.79 Å². The fraction of sp³-hybridized carbons (Fsp3) is 0. The fourth-order valence-electron chi connectivity index (χ4n) is 0.680. The molecule has 6 heteroatoms. The zero-order valence-electron chi connectivity index (χ0n) is 5.76. The van der Waals surface area contributed by atoms with E-state index in [0.29, 0.717) is 0 Å². The van der Waals surface area contributed by atoms with Crippen molar-refractivity contribution >= 4 is 5.97 Å². The van der Waals surface area contributed by atoms with Crippen molar-refractivity contribution in [3.8, 4) is 5.75 Å². The summed E-state index contributed by atoms with van der Waals surface area (Å²) in [6.07, 6.45) is 0. The van der Waals surface area contributed by atoms with E-state index in [0.717, 1.165) is 12.1 Å². The summed E-state index contributed by atoms with van der Waals surface area (Å²) >= 11 is 0. The van der Waals surface area contributed by atoms with Gasteiger partial charge in [0.1, 0.15) is 0 Å². The fourth-order valence-corrected chi connectivity index (χ4v) is 0.680. The maximum Gasteiger partial charge on any atom is 0.356 e. The number of rotatable bonds is 1. The number of pyridine rings is 1. The Labute approximate surface area is 65.9 Å². The second kappa shape index (κ2) is 2.57. The van der Waals surface area contributed by atoms with Crippen molar-refractivity contribution in [2.24, 2.45) is 0 Å². The molecule has 64 valence electrons. The van der Waals surface area contributed by atoms with Gasteiger partial charge in [0.2, 0.25) is 0 Å². The van der Waals surface area contributed by atoms with Crippen molar-refractivity contribution < 1.29 is 20.2 Å². The predicted octanol–water partition coefficient (Wildman–Crippen LogP) is -0.511. The van der Waals surface area contributed by atoms with E-state index in [1.165, 1.54) is 0 Å². The molecule has 3 N–H and O–H groups in total. The Bertz CT molecular complexity index is 380. The minimum atomic E-state index is -1.45. The number of aromatic hydroxyl groups is 1. The van der Waals surface area contributed by atoms with Crippen LogP contribution in [-0.4, -0.2) is 26.1 Å². The molecule has 0 saturated heterocycles. The molecule has 0 radical (unpaired) electrons. The van der Waals surface area contributed by atoms with Gasteiger partial charge in [0.25, 0.3) is 0 Å². The van der Waals surface area contributed by atoms with Crippen LogP contribution in [0.4, 0.5) is 0 Å². The Kier molecular flexibility index (Phi) is 1.74. The number of aromatic nitrogens is 1. The van der Waals surface area contributed by atoms with Crippen molar-refractivity contribution in [2.75, 3.05) is 0 Å². The van der Waals surface area contributed by atoms with Crippen LogP contribution >= 0.6 is 0 Å². The highest BCUT2D eigenvalue weighted by Gasteiger charge is 2.11. The monoisotopic (exact) mass is 171 g/mol. The molecule has 0 saturated carbocycles. The summed E-state index contributed by atoms with van der Waals surface area (Å²) in [5.41, 5.74) is -1.76. The molecule has 0 unspecified atom stereocenters. The summed E-state index contributed by atoms with van der Waals surface area (Å²) in [5.74, 6) is -2.16. The van der Waals surface area contributed by atoms with Crippen molar-refractivity contribution in [2.45, 2.75) is 0 Å². The largest absolute Gasteiger partial charge is 0.503 e. The molecule has 1 aromatic heterocycles. The van der Waals surface area contributed by atoms with Crippen molar-refractivity contribution in [3.05, 3.63) is 28.2 Å². The van der Waals surface area contributed by atoms with Crippen LogP contribution in [0.15, 0.2) is 16.9 Å². The van der Waals surface area contributed by atoms with E-state index in [1.807, 2.05) is 0 Å². The average Bonchev–Trinajstić information content (AvgIpc) is 2.00. The standard InChI is InChI=1S/C6H5NO5/c8-4-2-1-3(6(10)11)7(12)5(4)9/h1-2,8,12H,(H,10,11). The second-order valence-corrected chi connectivity index (χ2v) is 2.03. The molecule has 0 aliphatic rings. The molecule has 1 rings (SSSR count). The van der Waals surface area contributed by atoms with E-state index in [-0.39, 0.29) is 4.73 Å². The smallest absolute Gasteiger partial charge is 0.356 e. The third-order valence-corrected chi connectivity index (χ3v) is 1.26. The average molecular weight is 171 g/mol. The maximum absolute atomic E-state index is 10.7. The molecule has 1 heterocycles. The van der Waals surface area contributed by atoms with Gasteiger partial charge in [-0.2, -0.15) is 0 Å². The molecule has 0 fully saturated rings. The first-order chi connectivity index (χ1) is 5.54. The molecule has 0 aliphatic heterocycles. The summed E-state index contributed by atoms with van der Waals surface area (Å²) in [6, 6.07) is 1.82. The van der Waals surface area contributed by atoms with Gasteiger partial charge < -0.3 is 15.4 Å². The van der Waals surface area contributed by atoms with Gasteiger partial charge in [-0.25, -0.2) is 4.79 Å². The van der Waals surface area contributed by atoms with E-state index >= 15 is 0 Å². The highest BCUT2D eigenvalue weighted by atomic mass is 16.5. The van der Waals surface area contributed by atoms with Gasteiger partial charge in [0, 0.05) is 0 Å². The first-order valence-corrected chi connectivity index (χ1v) is 2.91. The summed E-state index contributed by atoms with van der Waals surface area (Å²) < 4.78 is -0.127. The van der Waals surface area contributed by atoms with E-state index in [1.54, 1.807) is 0 Å². The lowest BCUT2D eigenvalue weighted by molar-refractivity contribution is 0.0633. The van der Waals surface area contributed by atoms with Crippen molar-refractivity contribution in [3.63, 3.8) is 0 Å². The first kappa shape index (κ1) is 8.12. The van der Waals surface area contributed by atoms with Crippen LogP contribution in [0, 0.1) is 0 Å². The summed E-state index contributed by atoms with van der Waals surface area (Å²) in [7, 11) is 0. The van der Waals surface area contributed by atoms with Crippen LogP contribution in [0.2, 0.25) is 0 Å². The molecule has 0 bridgehead atoms. The number of aromatic carboxylic acids is 1.